The summed E-state index contributed by atoms with van der Waals surface area (Å²) in [6.45, 7) is 3.86. The minimum atomic E-state index is 0.0564. The molecule has 0 aliphatic rings. The Morgan fingerprint density at radius 3 is 2.71 bits per heavy atom. The van der Waals surface area contributed by atoms with E-state index in [9.17, 15) is 4.79 Å². The van der Waals surface area contributed by atoms with Crippen LogP contribution in [0, 0.1) is 13.8 Å². The molecule has 2 nitrogen and oxygen atoms in total. The summed E-state index contributed by atoms with van der Waals surface area (Å²) in [5.74, 6) is 0.0564. The average Bonchev–Trinajstić information content (AvgIpc) is 2.62. The van der Waals surface area contributed by atoms with Gasteiger partial charge in [0.25, 0.3) is 0 Å². The summed E-state index contributed by atoms with van der Waals surface area (Å²) in [7, 11) is 0. The topological polar surface area (TPSA) is 30.0 Å². The molecule has 0 atom stereocenters. The van der Waals surface area contributed by atoms with Crippen LogP contribution in [-0.2, 0) is 6.42 Å². The fraction of sp³-hybridized carbons (Fsp3) is 0.231. The Balaban J connectivity index is 2.19. The van der Waals surface area contributed by atoms with Crippen molar-refractivity contribution in [3.8, 4) is 0 Å². The van der Waals surface area contributed by atoms with Gasteiger partial charge in [0.15, 0.2) is 5.78 Å². The maximum absolute atomic E-state index is 12.0. The monoisotopic (exact) mass is 265 g/mol. The largest absolute Gasteiger partial charge is 0.294 e. The number of halogens is 1. The summed E-state index contributed by atoms with van der Waals surface area (Å²) in [5, 5.41) is 3.50. The van der Waals surface area contributed by atoms with Gasteiger partial charge in [-0.25, -0.2) is 4.98 Å². The summed E-state index contributed by atoms with van der Waals surface area (Å²) < 4.78 is 0. The van der Waals surface area contributed by atoms with Crippen molar-refractivity contribution in [2.45, 2.75) is 20.3 Å². The molecule has 0 saturated heterocycles. The third-order valence-electron chi connectivity index (χ3n) is 2.37. The van der Waals surface area contributed by atoms with Crippen molar-refractivity contribution in [2.24, 2.45) is 0 Å². The van der Waals surface area contributed by atoms with Crippen LogP contribution in [0.25, 0.3) is 0 Å². The number of aromatic nitrogens is 1. The van der Waals surface area contributed by atoms with Crippen LogP contribution in [-0.4, -0.2) is 10.8 Å². The molecule has 0 unspecified atom stereocenters. The van der Waals surface area contributed by atoms with Gasteiger partial charge >= 0.3 is 0 Å². The highest BCUT2D eigenvalue weighted by atomic mass is 35.5. The molecule has 4 heteroatoms. The van der Waals surface area contributed by atoms with Crippen LogP contribution >= 0.6 is 22.9 Å². The van der Waals surface area contributed by atoms with E-state index in [1.807, 2.05) is 31.4 Å². The second-order valence-electron chi connectivity index (χ2n) is 3.98. The normalized spacial score (nSPS) is 10.5. The molecular formula is C13H12ClNOS. The van der Waals surface area contributed by atoms with Crippen molar-refractivity contribution in [3.63, 3.8) is 0 Å². The van der Waals surface area contributed by atoms with Gasteiger partial charge in [-0.3, -0.25) is 4.79 Å². The second kappa shape index (κ2) is 4.98. The van der Waals surface area contributed by atoms with E-state index in [0.717, 1.165) is 16.3 Å². The molecule has 0 spiro atoms. The Morgan fingerprint density at radius 2 is 2.12 bits per heavy atom. The van der Waals surface area contributed by atoms with Gasteiger partial charge in [0.2, 0.25) is 0 Å². The van der Waals surface area contributed by atoms with Crippen LogP contribution in [0.15, 0.2) is 23.6 Å². The van der Waals surface area contributed by atoms with E-state index in [2.05, 4.69) is 4.98 Å². The smallest absolute Gasteiger partial charge is 0.168 e. The standard InChI is InChI=1S/C13H12ClNOS/c1-8-3-10(5-11(14)4-8)13(16)6-12-7-17-9(2)15-12/h3-5,7H,6H2,1-2H3. The molecule has 2 rings (SSSR count). The van der Waals surface area contributed by atoms with Gasteiger partial charge in [0.05, 0.1) is 17.1 Å². The van der Waals surface area contributed by atoms with Crippen molar-refractivity contribution >= 4 is 28.7 Å². The van der Waals surface area contributed by atoms with E-state index >= 15 is 0 Å². The molecule has 2 aromatic rings. The van der Waals surface area contributed by atoms with Crippen molar-refractivity contribution in [2.75, 3.05) is 0 Å². The van der Waals surface area contributed by atoms with Crippen LogP contribution in [0.3, 0.4) is 0 Å². The van der Waals surface area contributed by atoms with Gasteiger partial charge in [-0.05, 0) is 37.6 Å². The highest BCUT2D eigenvalue weighted by Gasteiger charge is 2.10. The third-order valence-corrected chi connectivity index (χ3v) is 3.41. The lowest BCUT2D eigenvalue weighted by Gasteiger charge is -2.02. The number of rotatable bonds is 3. The molecule has 0 saturated carbocycles. The van der Waals surface area contributed by atoms with Crippen molar-refractivity contribution < 1.29 is 4.79 Å². The molecule has 88 valence electrons. The molecule has 0 fully saturated rings. The first kappa shape index (κ1) is 12.3. The predicted molar refractivity (Wildman–Crippen MR) is 71.1 cm³/mol. The number of benzene rings is 1. The van der Waals surface area contributed by atoms with Gasteiger partial charge in [-0.2, -0.15) is 0 Å². The number of nitrogens with zero attached hydrogens (tertiary/aromatic N) is 1. The number of thiazole rings is 1. The minimum Gasteiger partial charge on any atom is -0.294 e. The Hall–Kier alpha value is -1.19. The average molecular weight is 266 g/mol. The number of carbonyl (C=O) groups excluding carboxylic acids is 1. The first-order valence-electron chi connectivity index (χ1n) is 5.26. The Kier molecular flexibility index (Phi) is 3.60. The Bertz CT molecular complexity index is 542. The van der Waals surface area contributed by atoms with E-state index in [4.69, 9.17) is 11.6 Å². The number of hydrogen-bond donors (Lipinski definition) is 0. The van der Waals surface area contributed by atoms with Crippen LogP contribution < -0.4 is 0 Å². The number of carbonyl (C=O) groups is 1. The molecule has 1 aromatic heterocycles. The Morgan fingerprint density at radius 1 is 1.35 bits per heavy atom. The van der Waals surface area contributed by atoms with Crippen molar-refractivity contribution in [3.05, 3.63) is 50.4 Å². The summed E-state index contributed by atoms with van der Waals surface area (Å²) in [6.07, 6.45) is 0.337. The zero-order chi connectivity index (χ0) is 12.4. The Labute approximate surface area is 109 Å². The molecule has 1 aromatic carbocycles. The van der Waals surface area contributed by atoms with Gasteiger partial charge in [0.1, 0.15) is 0 Å². The van der Waals surface area contributed by atoms with E-state index in [-0.39, 0.29) is 5.78 Å². The van der Waals surface area contributed by atoms with E-state index in [1.165, 1.54) is 0 Å². The minimum absolute atomic E-state index is 0.0564. The second-order valence-corrected chi connectivity index (χ2v) is 5.47. The van der Waals surface area contributed by atoms with Crippen LogP contribution in [0.5, 0.6) is 0 Å². The first-order valence-corrected chi connectivity index (χ1v) is 6.52. The summed E-state index contributed by atoms with van der Waals surface area (Å²) in [4.78, 5) is 16.3. The molecule has 1 heterocycles. The zero-order valence-corrected chi connectivity index (χ0v) is 11.2. The van der Waals surface area contributed by atoms with E-state index < -0.39 is 0 Å². The molecule has 0 N–H and O–H groups in total. The van der Waals surface area contributed by atoms with E-state index in [1.54, 1.807) is 17.4 Å². The quantitative estimate of drug-likeness (QED) is 0.790. The van der Waals surface area contributed by atoms with E-state index in [0.29, 0.717) is 17.0 Å². The first-order chi connectivity index (χ1) is 8.04. The SMILES string of the molecule is Cc1cc(Cl)cc(C(=O)Cc2csc(C)n2)c1. The summed E-state index contributed by atoms with van der Waals surface area (Å²) >= 11 is 7.49. The lowest BCUT2D eigenvalue weighted by atomic mass is 10.0. The number of Topliss-reactive ketones (excluding diaryl/α,β-unsaturated/α-hetero) is 1. The fourth-order valence-corrected chi connectivity index (χ4v) is 2.56. The van der Waals surface area contributed by atoms with Crippen molar-refractivity contribution in [1.29, 1.82) is 0 Å². The van der Waals surface area contributed by atoms with Crippen molar-refractivity contribution in [1.82, 2.24) is 4.98 Å². The van der Waals surface area contributed by atoms with Gasteiger partial charge in [0, 0.05) is 16.0 Å². The lowest BCUT2D eigenvalue weighted by molar-refractivity contribution is 0.0992. The molecule has 0 radical (unpaired) electrons. The molecule has 0 aliphatic carbocycles. The van der Waals surface area contributed by atoms with Gasteiger partial charge in [-0.1, -0.05) is 11.6 Å². The molecular weight excluding hydrogens is 254 g/mol. The zero-order valence-electron chi connectivity index (χ0n) is 9.66. The van der Waals surface area contributed by atoms with Crippen LogP contribution in [0.4, 0.5) is 0 Å². The molecule has 0 amide bonds. The van der Waals surface area contributed by atoms with Gasteiger partial charge < -0.3 is 0 Å². The number of hydrogen-bond acceptors (Lipinski definition) is 3. The molecule has 0 aliphatic heterocycles. The highest BCUT2D eigenvalue weighted by Crippen LogP contribution is 2.17. The molecule has 0 bridgehead atoms. The highest BCUT2D eigenvalue weighted by molar-refractivity contribution is 7.09. The maximum atomic E-state index is 12.0. The summed E-state index contributed by atoms with van der Waals surface area (Å²) in [6, 6.07) is 5.40. The predicted octanol–water partition coefficient (Wildman–Crippen LogP) is 3.84. The molecule has 17 heavy (non-hydrogen) atoms. The number of ketones is 1. The maximum Gasteiger partial charge on any atom is 0.168 e. The third kappa shape index (κ3) is 3.14. The number of aryl methyl sites for hydroxylation is 2. The van der Waals surface area contributed by atoms with Crippen LogP contribution in [0.1, 0.15) is 26.6 Å². The fourth-order valence-electron chi connectivity index (χ4n) is 1.65. The van der Waals surface area contributed by atoms with Crippen LogP contribution in [0.2, 0.25) is 5.02 Å². The lowest BCUT2D eigenvalue weighted by Crippen LogP contribution is -2.04. The van der Waals surface area contributed by atoms with Gasteiger partial charge in [-0.15, -0.1) is 11.3 Å². The summed E-state index contributed by atoms with van der Waals surface area (Å²) in [5.41, 5.74) is 2.48.